The summed E-state index contributed by atoms with van der Waals surface area (Å²) in [5.74, 6) is 1.02. The number of carbonyl (C=O) groups is 1. The third kappa shape index (κ3) is 2.58. The lowest BCUT2D eigenvalue weighted by Crippen LogP contribution is -2.27. The predicted molar refractivity (Wildman–Crippen MR) is 65.7 cm³/mol. The first-order valence-electron chi connectivity index (χ1n) is 5.77. The van der Waals surface area contributed by atoms with Gasteiger partial charge in [0, 0.05) is 25.6 Å². The van der Waals surface area contributed by atoms with Gasteiger partial charge in [0.25, 0.3) is 0 Å². The van der Waals surface area contributed by atoms with Crippen LogP contribution in [-0.4, -0.2) is 30.5 Å². The van der Waals surface area contributed by atoms with Crippen LogP contribution >= 0.6 is 0 Å². The van der Waals surface area contributed by atoms with Crippen LogP contribution < -0.4 is 10.5 Å². The topological polar surface area (TPSA) is 55.6 Å². The van der Waals surface area contributed by atoms with Crippen LogP contribution in [0, 0.1) is 6.92 Å². The van der Waals surface area contributed by atoms with Crippen LogP contribution in [0.1, 0.15) is 17.5 Å². The second kappa shape index (κ2) is 4.75. The molecule has 1 aliphatic rings. The first-order valence-corrected chi connectivity index (χ1v) is 5.77. The molecule has 2 N–H and O–H groups in total. The second-order valence-corrected chi connectivity index (χ2v) is 4.54. The Hall–Kier alpha value is -1.55. The molecule has 0 spiro atoms. The zero-order chi connectivity index (χ0) is 12.4. The van der Waals surface area contributed by atoms with Crippen LogP contribution in [0.2, 0.25) is 0 Å². The zero-order valence-corrected chi connectivity index (χ0v) is 10.3. The van der Waals surface area contributed by atoms with Crippen molar-refractivity contribution < 1.29 is 9.53 Å². The van der Waals surface area contributed by atoms with Gasteiger partial charge >= 0.3 is 0 Å². The van der Waals surface area contributed by atoms with E-state index in [0.29, 0.717) is 19.5 Å². The smallest absolute Gasteiger partial charge is 0.224 e. The molecular weight excluding hydrogens is 216 g/mol. The Morgan fingerprint density at radius 1 is 1.53 bits per heavy atom. The van der Waals surface area contributed by atoms with Gasteiger partial charge in [0.2, 0.25) is 5.91 Å². The van der Waals surface area contributed by atoms with E-state index < -0.39 is 0 Å². The number of carbonyl (C=O) groups excluding carboxylic acids is 1. The van der Waals surface area contributed by atoms with Crippen molar-refractivity contribution >= 4 is 5.91 Å². The largest absolute Gasteiger partial charge is 0.496 e. The van der Waals surface area contributed by atoms with E-state index in [1.165, 1.54) is 0 Å². The number of methoxy groups -OCH3 is 1. The summed E-state index contributed by atoms with van der Waals surface area (Å²) in [5, 5.41) is 0. The Kier molecular flexibility index (Phi) is 3.33. The van der Waals surface area contributed by atoms with Gasteiger partial charge in [-0.3, -0.25) is 4.79 Å². The number of hydrogen-bond donors (Lipinski definition) is 1. The summed E-state index contributed by atoms with van der Waals surface area (Å²) in [5.41, 5.74) is 7.96. The molecule has 4 nitrogen and oxygen atoms in total. The fraction of sp³-hybridized carbons (Fsp3) is 0.462. The summed E-state index contributed by atoms with van der Waals surface area (Å²) in [7, 11) is 1.66. The van der Waals surface area contributed by atoms with Gasteiger partial charge in [0.1, 0.15) is 5.75 Å². The highest BCUT2D eigenvalue weighted by molar-refractivity contribution is 5.79. The third-order valence-corrected chi connectivity index (χ3v) is 3.08. The summed E-state index contributed by atoms with van der Waals surface area (Å²) >= 11 is 0. The average molecular weight is 234 g/mol. The van der Waals surface area contributed by atoms with Crippen LogP contribution in [-0.2, 0) is 11.3 Å². The maximum atomic E-state index is 11.6. The summed E-state index contributed by atoms with van der Waals surface area (Å²) in [6, 6.07) is 5.96. The molecule has 0 radical (unpaired) electrons. The first-order chi connectivity index (χ1) is 8.10. The number of rotatable bonds is 3. The molecule has 0 saturated carbocycles. The standard InChI is InChI=1S/C13H18N2O2/c1-9-5-10(3-4-12(9)17-2)7-15-8-11(14)6-13(15)16/h3-5,11H,6-8,14H2,1-2H3. The maximum Gasteiger partial charge on any atom is 0.224 e. The van der Waals surface area contributed by atoms with Crippen molar-refractivity contribution in [3.05, 3.63) is 29.3 Å². The zero-order valence-electron chi connectivity index (χ0n) is 10.3. The fourth-order valence-corrected chi connectivity index (χ4v) is 2.21. The third-order valence-electron chi connectivity index (χ3n) is 3.08. The summed E-state index contributed by atoms with van der Waals surface area (Å²) < 4.78 is 5.21. The lowest BCUT2D eigenvalue weighted by atomic mass is 10.1. The van der Waals surface area contributed by atoms with Crippen molar-refractivity contribution in [1.82, 2.24) is 4.90 Å². The minimum atomic E-state index is -0.0122. The minimum absolute atomic E-state index is 0.0122. The first kappa shape index (κ1) is 11.9. The average Bonchev–Trinajstić information content (AvgIpc) is 2.58. The van der Waals surface area contributed by atoms with Crippen LogP contribution in [0.25, 0.3) is 0 Å². The highest BCUT2D eigenvalue weighted by Gasteiger charge is 2.26. The van der Waals surface area contributed by atoms with Gasteiger partial charge in [-0.2, -0.15) is 0 Å². The number of likely N-dealkylation sites (tertiary alicyclic amines) is 1. The normalized spacial score (nSPS) is 19.8. The Balaban J connectivity index is 2.09. The number of amides is 1. The SMILES string of the molecule is COc1ccc(CN2CC(N)CC2=O)cc1C. The highest BCUT2D eigenvalue weighted by Crippen LogP contribution is 2.20. The molecule has 0 aromatic heterocycles. The molecule has 1 unspecified atom stereocenters. The maximum absolute atomic E-state index is 11.6. The van der Waals surface area contributed by atoms with Crippen LogP contribution in [0.15, 0.2) is 18.2 Å². The molecule has 17 heavy (non-hydrogen) atoms. The second-order valence-electron chi connectivity index (χ2n) is 4.54. The number of nitrogens with zero attached hydrogens (tertiary/aromatic N) is 1. The van der Waals surface area contributed by atoms with Crippen molar-refractivity contribution in [3.63, 3.8) is 0 Å². The molecule has 2 rings (SSSR count). The Morgan fingerprint density at radius 3 is 2.82 bits per heavy atom. The molecule has 1 saturated heterocycles. The van der Waals surface area contributed by atoms with E-state index in [1.54, 1.807) is 7.11 Å². The van der Waals surface area contributed by atoms with Gasteiger partial charge in [-0.15, -0.1) is 0 Å². The fourth-order valence-electron chi connectivity index (χ4n) is 2.21. The van der Waals surface area contributed by atoms with Crippen LogP contribution in [0.5, 0.6) is 5.75 Å². The Bertz CT molecular complexity index is 431. The van der Waals surface area contributed by atoms with Gasteiger partial charge < -0.3 is 15.4 Å². The molecule has 1 aliphatic heterocycles. The molecule has 1 amide bonds. The molecule has 1 atom stereocenters. The lowest BCUT2D eigenvalue weighted by Gasteiger charge is -2.16. The molecule has 1 fully saturated rings. The lowest BCUT2D eigenvalue weighted by molar-refractivity contribution is -0.128. The number of ether oxygens (including phenoxy) is 1. The van der Waals surface area contributed by atoms with Crippen molar-refractivity contribution in [2.45, 2.75) is 25.9 Å². The van der Waals surface area contributed by atoms with E-state index >= 15 is 0 Å². The monoisotopic (exact) mass is 234 g/mol. The van der Waals surface area contributed by atoms with E-state index in [9.17, 15) is 4.79 Å². The molecule has 0 aliphatic carbocycles. The molecule has 1 aromatic rings. The predicted octanol–water partition coefficient (Wildman–Crippen LogP) is 1.06. The Morgan fingerprint density at radius 2 is 2.29 bits per heavy atom. The Labute approximate surface area is 101 Å². The highest BCUT2D eigenvalue weighted by atomic mass is 16.5. The minimum Gasteiger partial charge on any atom is -0.496 e. The number of benzene rings is 1. The van der Waals surface area contributed by atoms with Gasteiger partial charge in [0.15, 0.2) is 0 Å². The van der Waals surface area contributed by atoms with Crippen molar-refractivity contribution in [2.24, 2.45) is 5.73 Å². The van der Waals surface area contributed by atoms with Gasteiger partial charge in [0.05, 0.1) is 7.11 Å². The summed E-state index contributed by atoms with van der Waals surface area (Å²) in [4.78, 5) is 13.4. The van der Waals surface area contributed by atoms with E-state index in [0.717, 1.165) is 16.9 Å². The van der Waals surface area contributed by atoms with Gasteiger partial charge in [-0.05, 0) is 24.1 Å². The van der Waals surface area contributed by atoms with Crippen molar-refractivity contribution in [1.29, 1.82) is 0 Å². The number of aryl methyl sites for hydroxylation is 1. The number of hydrogen-bond acceptors (Lipinski definition) is 3. The quantitative estimate of drug-likeness (QED) is 0.851. The summed E-state index contributed by atoms with van der Waals surface area (Å²) in [6.07, 6.45) is 0.467. The van der Waals surface area contributed by atoms with E-state index in [-0.39, 0.29) is 11.9 Å². The van der Waals surface area contributed by atoms with Crippen LogP contribution in [0.4, 0.5) is 0 Å². The molecule has 0 bridgehead atoms. The van der Waals surface area contributed by atoms with Gasteiger partial charge in [-0.1, -0.05) is 12.1 Å². The van der Waals surface area contributed by atoms with Crippen LogP contribution in [0.3, 0.4) is 0 Å². The van der Waals surface area contributed by atoms with E-state index in [4.69, 9.17) is 10.5 Å². The molecule has 4 heteroatoms. The van der Waals surface area contributed by atoms with Crippen molar-refractivity contribution in [2.75, 3.05) is 13.7 Å². The number of nitrogens with two attached hydrogens (primary N) is 1. The summed E-state index contributed by atoms with van der Waals surface area (Å²) in [6.45, 7) is 3.29. The molecular formula is C13H18N2O2. The molecule has 92 valence electrons. The van der Waals surface area contributed by atoms with E-state index in [2.05, 4.69) is 6.07 Å². The molecule has 1 aromatic carbocycles. The molecule has 1 heterocycles. The van der Waals surface area contributed by atoms with E-state index in [1.807, 2.05) is 24.0 Å². The van der Waals surface area contributed by atoms with Crippen molar-refractivity contribution in [3.8, 4) is 5.75 Å². The van der Waals surface area contributed by atoms with Gasteiger partial charge in [-0.25, -0.2) is 0 Å².